The molecular formula is C12H14ClF4N. The van der Waals surface area contributed by atoms with Crippen molar-refractivity contribution in [1.29, 1.82) is 0 Å². The van der Waals surface area contributed by atoms with Gasteiger partial charge in [0, 0.05) is 17.5 Å². The molecule has 1 unspecified atom stereocenters. The van der Waals surface area contributed by atoms with Gasteiger partial charge in [0.15, 0.2) is 0 Å². The number of benzene rings is 1. The lowest BCUT2D eigenvalue weighted by Crippen LogP contribution is -2.29. The number of halogens is 5. The summed E-state index contributed by atoms with van der Waals surface area (Å²) in [5, 5.41) is 3.05. The van der Waals surface area contributed by atoms with E-state index < -0.39 is 18.4 Å². The summed E-state index contributed by atoms with van der Waals surface area (Å²) >= 11 is 5.83. The Kier molecular flexibility index (Phi) is 5.41. The molecule has 1 rings (SSSR count). The van der Waals surface area contributed by atoms with Gasteiger partial charge in [-0.15, -0.1) is 0 Å². The van der Waals surface area contributed by atoms with Gasteiger partial charge in [-0.05, 0) is 37.6 Å². The summed E-state index contributed by atoms with van der Waals surface area (Å²) in [6.45, 7) is 0. The SMILES string of the molecule is CNC(CCC(F)(F)F)Cc1ccc(F)cc1Cl. The van der Waals surface area contributed by atoms with Gasteiger partial charge in [-0.25, -0.2) is 4.39 Å². The lowest BCUT2D eigenvalue weighted by molar-refractivity contribution is -0.136. The molecule has 6 heteroatoms. The molecule has 0 bridgehead atoms. The van der Waals surface area contributed by atoms with Gasteiger partial charge in [0.05, 0.1) is 0 Å². The van der Waals surface area contributed by atoms with Crippen LogP contribution in [-0.2, 0) is 6.42 Å². The van der Waals surface area contributed by atoms with Crippen molar-refractivity contribution in [2.75, 3.05) is 7.05 Å². The summed E-state index contributed by atoms with van der Waals surface area (Å²) in [5.41, 5.74) is 0.639. The first kappa shape index (κ1) is 15.2. The Bertz CT molecular complexity index is 392. The van der Waals surface area contributed by atoms with Crippen LogP contribution in [0.5, 0.6) is 0 Å². The van der Waals surface area contributed by atoms with E-state index in [9.17, 15) is 17.6 Å². The van der Waals surface area contributed by atoms with Crippen LogP contribution in [0.15, 0.2) is 18.2 Å². The Morgan fingerprint density at radius 1 is 1.33 bits per heavy atom. The molecule has 1 aromatic carbocycles. The van der Waals surface area contributed by atoms with Crippen molar-refractivity contribution in [3.8, 4) is 0 Å². The second kappa shape index (κ2) is 6.38. The van der Waals surface area contributed by atoms with Crippen molar-refractivity contribution in [1.82, 2.24) is 5.32 Å². The molecule has 1 N–H and O–H groups in total. The predicted octanol–water partition coefficient (Wildman–Crippen LogP) is 3.95. The molecule has 0 aliphatic carbocycles. The van der Waals surface area contributed by atoms with Crippen molar-refractivity contribution in [2.24, 2.45) is 0 Å². The largest absolute Gasteiger partial charge is 0.389 e. The van der Waals surface area contributed by atoms with E-state index in [2.05, 4.69) is 5.32 Å². The second-order valence-electron chi connectivity index (χ2n) is 4.08. The summed E-state index contributed by atoms with van der Waals surface area (Å²) in [6, 6.07) is 3.57. The maximum atomic E-state index is 12.8. The first-order valence-corrected chi connectivity index (χ1v) is 5.87. The average molecular weight is 284 g/mol. The molecule has 1 atom stereocenters. The van der Waals surface area contributed by atoms with E-state index in [4.69, 9.17) is 11.6 Å². The van der Waals surface area contributed by atoms with E-state index in [1.807, 2.05) is 0 Å². The molecule has 102 valence electrons. The molecule has 0 amide bonds. The minimum absolute atomic E-state index is 0.0340. The highest BCUT2D eigenvalue weighted by Gasteiger charge is 2.28. The maximum Gasteiger partial charge on any atom is 0.389 e. The van der Waals surface area contributed by atoms with Gasteiger partial charge in [-0.2, -0.15) is 13.2 Å². The molecule has 1 nitrogen and oxygen atoms in total. The van der Waals surface area contributed by atoms with Crippen LogP contribution in [0, 0.1) is 5.82 Å². The highest BCUT2D eigenvalue weighted by Crippen LogP contribution is 2.24. The molecule has 0 saturated carbocycles. The normalized spacial score (nSPS) is 13.7. The van der Waals surface area contributed by atoms with Gasteiger partial charge in [-0.1, -0.05) is 17.7 Å². The third kappa shape index (κ3) is 5.23. The van der Waals surface area contributed by atoms with E-state index in [1.54, 1.807) is 7.05 Å². The van der Waals surface area contributed by atoms with Crippen LogP contribution in [0.1, 0.15) is 18.4 Å². The van der Waals surface area contributed by atoms with Gasteiger partial charge in [0.2, 0.25) is 0 Å². The van der Waals surface area contributed by atoms with Crippen molar-refractivity contribution in [2.45, 2.75) is 31.5 Å². The molecule has 0 heterocycles. The Balaban J connectivity index is 2.62. The minimum atomic E-state index is -4.16. The van der Waals surface area contributed by atoms with Crippen molar-refractivity contribution >= 4 is 11.6 Å². The average Bonchev–Trinajstić information content (AvgIpc) is 2.25. The van der Waals surface area contributed by atoms with Gasteiger partial charge in [0.1, 0.15) is 5.82 Å². The molecule has 18 heavy (non-hydrogen) atoms. The quantitative estimate of drug-likeness (QED) is 0.807. The van der Waals surface area contributed by atoms with E-state index in [-0.39, 0.29) is 17.5 Å². The highest BCUT2D eigenvalue weighted by atomic mass is 35.5. The zero-order valence-corrected chi connectivity index (χ0v) is 10.6. The number of likely N-dealkylation sites (N-methyl/N-ethyl adjacent to an activating group) is 1. The van der Waals surface area contributed by atoms with E-state index in [0.717, 1.165) is 6.07 Å². The lowest BCUT2D eigenvalue weighted by atomic mass is 10.0. The molecule has 0 aliphatic heterocycles. The third-order valence-corrected chi connectivity index (χ3v) is 3.02. The van der Waals surface area contributed by atoms with Crippen LogP contribution >= 0.6 is 11.6 Å². The van der Waals surface area contributed by atoms with Crippen molar-refractivity contribution < 1.29 is 17.6 Å². The van der Waals surface area contributed by atoms with Crippen LogP contribution in [0.3, 0.4) is 0 Å². The number of nitrogens with one attached hydrogen (secondary N) is 1. The van der Waals surface area contributed by atoms with Gasteiger partial charge in [0.25, 0.3) is 0 Å². The molecule has 0 radical (unpaired) electrons. The number of alkyl halides is 3. The fraction of sp³-hybridized carbons (Fsp3) is 0.500. The summed E-state index contributed by atoms with van der Waals surface area (Å²) < 4.78 is 49.2. The Morgan fingerprint density at radius 3 is 2.50 bits per heavy atom. The smallest absolute Gasteiger partial charge is 0.317 e. The molecule has 0 aliphatic rings. The van der Waals surface area contributed by atoms with Gasteiger partial charge >= 0.3 is 6.18 Å². The van der Waals surface area contributed by atoms with Crippen LogP contribution in [0.25, 0.3) is 0 Å². The first-order chi connectivity index (χ1) is 8.31. The van der Waals surface area contributed by atoms with Crippen LogP contribution in [0.2, 0.25) is 5.02 Å². The zero-order chi connectivity index (χ0) is 13.8. The zero-order valence-electron chi connectivity index (χ0n) is 9.82. The van der Waals surface area contributed by atoms with Crippen LogP contribution in [-0.4, -0.2) is 19.3 Å². The minimum Gasteiger partial charge on any atom is -0.317 e. The predicted molar refractivity (Wildman–Crippen MR) is 63.3 cm³/mol. The second-order valence-corrected chi connectivity index (χ2v) is 4.49. The molecule has 1 aromatic rings. The monoisotopic (exact) mass is 283 g/mol. The fourth-order valence-electron chi connectivity index (χ4n) is 1.64. The standard InChI is InChI=1S/C12H14ClF4N/c1-18-10(4-5-12(15,16)17)6-8-2-3-9(14)7-11(8)13/h2-3,7,10,18H,4-6H2,1H3. The number of hydrogen-bond acceptors (Lipinski definition) is 1. The van der Waals surface area contributed by atoms with E-state index in [1.165, 1.54) is 12.1 Å². The Labute approximate surface area is 108 Å². The Morgan fingerprint density at radius 2 is 2.00 bits per heavy atom. The van der Waals surface area contributed by atoms with Crippen LogP contribution in [0.4, 0.5) is 17.6 Å². The number of hydrogen-bond donors (Lipinski definition) is 1. The first-order valence-electron chi connectivity index (χ1n) is 5.50. The fourth-order valence-corrected chi connectivity index (χ4v) is 1.88. The summed E-state index contributed by atoms with van der Waals surface area (Å²) in [4.78, 5) is 0. The maximum absolute atomic E-state index is 12.8. The van der Waals surface area contributed by atoms with E-state index in [0.29, 0.717) is 12.0 Å². The Hall–Kier alpha value is -0.810. The summed E-state index contributed by atoms with van der Waals surface area (Å²) in [7, 11) is 1.60. The third-order valence-electron chi connectivity index (χ3n) is 2.67. The highest BCUT2D eigenvalue weighted by molar-refractivity contribution is 6.31. The summed E-state index contributed by atoms with van der Waals surface area (Å²) in [5.74, 6) is -0.458. The molecular weight excluding hydrogens is 270 g/mol. The molecule has 0 aromatic heterocycles. The number of rotatable bonds is 5. The van der Waals surface area contributed by atoms with Crippen molar-refractivity contribution in [3.63, 3.8) is 0 Å². The molecule has 0 saturated heterocycles. The van der Waals surface area contributed by atoms with Crippen molar-refractivity contribution in [3.05, 3.63) is 34.6 Å². The topological polar surface area (TPSA) is 12.0 Å². The van der Waals surface area contributed by atoms with Crippen LogP contribution < -0.4 is 5.32 Å². The lowest BCUT2D eigenvalue weighted by Gasteiger charge is -2.18. The molecule has 0 spiro atoms. The molecule has 0 fully saturated rings. The van der Waals surface area contributed by atoms with E-state index >= 15 is 0 Å². The van der Waals surface area contributed by atoms with Gasteiger partial charge in [-0.3, -0.25) is 0 Å². The van der Waals surface area contributed by atoms with Gasteiger partial charge < -0.3 is 5.32 Å². The summed E-state index contributed by atoms with van der Waals surface area (Å²) in [6.07, 6.45) is -4.71.